The summed E-state index contributed by atoms with van der Waals surface area (Å²) in [5.74, 6) is 2.18. The number of nitrogens with two attached hydrogens (primary N) is 1. The van der Waals surface area contributed by atoms with Gasteiger partial charge in [0.1, 0.15) is 0 Å². The maximum Gasteiger partial charge on any atom is 0.225 e. The van der Waals surface area contributed by atoms with Gasteiger partial charge in [0.05, 0.1) is 0 Å². The standard InChI is InChI=1S/C13H22N2O/c14-12-5-9-4-10(6-12)8-15(7-9)13(16)11-2-1-3-11/h9-12H,1-8,14H2. The number of carbonyl (C=O) groups excluding carboxylic acids is 1. The molecule has 0 aromatic carbocycles. The van der Waals surface area contributed by atoms with E-state index in [9.17, 15) is 4.79 Å². The minimum Gasteiger partial charge on any atom is -0.342 e. The van der Waals surface area contributed by atoms with Crippen LogP contribution < -0.4 is 5.73 Å². The molecular weight excluding hydrogens is 200 g/mol. The highest BCUT2D eigenvalue weighted by atomic mass is 16.2. The van der Waals surface area contributed by atoms with E-state index in [1.807, 2.05) is 0 Å². The molecular formula is C13H22N2O. The van der Waals surface area contributed by atoms with E-state index in [1.54, 1.807) is 0 Å². The SMILES string of the molecule is NC1CC2CC(C1)CN(C(=O)C1CCC1)C2. The van der Waals surface area contributed by atoms with Gasteiger partial charge in [0.25, 0.3) is 0 Å². The predicted octanol–water partition coefficient (Wildman–Crippen LogP) is 1.37. The number of hydrogen-bond donors (Lipinski definition) is 1. The van der Waals surface area contributed by atoms with Gasteiger partial charge in [-0.2, -0.15) is 0 Å². The largest absolute Gasteiger partial charge is 0.342 e. The van der Waals surface area contributed by atoms with Crippen LogP contribution in [-0.4, -0.2) is 29.9 Å². The van der Waals surface area contributed by atoms with Gasteiger partial charge in [0.15, 0.2) is 0 Å². The molecule has 1 heterocycles. The quantitative estimate of drug-likeness (QED) is 0.728. The molecule has 2 unspecified atom stereocenters. The van der Waals surface area contributed by atoms with Gasteiger partial charge in [-0.1, -0.05) is 6.42 Å². The molecule has 3 rings (SSSR count). The van der Waals surface area contributed by atoms with E-state index in [4.69, 9.17) is 5.73 Å². The molecule has 0 aromatic heterocycles. The van der Waals surface area contributed by atoms with Crippen molar-refractivity contribution in [3.63, 3.8) is 0 Å². The Kier molecular flexibility index (Phi) is 2.66. The van der Waals surface area contributed by atoms with Crippen molar-refractivity contribution in [1.82, 2.24) is 4.90 Å². The molecule has 2 N–H and O–H groups in total. The number of carbonyl (C=O) groups is 1. The van der Waals surface area contributed by atoms with Crippen LogP contribution in [0.2, 0.25) is 0 Å². The lowest BCUT2D eigenvalue weighted by Crippen LogP contribution is -2.51. The molecule has 0 spiro atoms. The van der Waals surface area contributed by atoms with Gasteiger partial charge in [-0.25, -0.2) is 0 Å². The van der Waals surface area contributed by atoms with Gasteiger partial charge in [-0.3, -0.25) is 4.79 Å². The van der Waals surface area contributed by atoms with Gasteiger partial charge in [0, 0.05) is 25.0 Å². The van der Waals surface area contributed by atoms with Crippen LogP contribution in [0.3, 0.4) is 0 Å². The zero-order chi connectivity index (χ0) is 11.1. The maximum atomic E-state index is 12.2. The summed E-state index contributed by atoms with van der Waals surface area (Å²) >= 11 is 0. The fourth-order valence-corrected chi connectivity index (χ4v) is 3.71. The van der Waals surface area contributed by atoms with Crippen LogP contribution in [0.4, 0.5) is 0 Å². The number of amides is 1. The molecule has 2 aliphatic carbocycles. The van der Waals surface area contributed by atoms with Crippen LogP contribution in [0.5, 0.6) is 0 Å². The number of piperidine rings is 1. The Hall–Kier alpha value is -0.570. The minimum atomic E-state index is 0.368. The van der Waals surface area contributed by atoms with Gasteiger partial charge in [0.2, 0.25) is 5.91 Å². The van der Waals surface area contributed by atoms with Gasteiger partial charge in [-0.05, 0) is 43.9 Å². The number of nitrogens with zero attached hydrogens (tertiary/aromatic N) is 1. The van der Waals surface area contributed by atoms with Crippen molar-refractivity contribution in [2.45, 2.75) is 44.6 Å². The highest BCUT2D eigenvalue weighted by molar-refractivity contribution is 5.79. The minimum absolute atomic E-state index is 0.368. The third-order valence-corrected chi connectivity index (χ3v) is 4.66. The molecule has 2 saturated carbocycles. The average molecular weight is 222 g/mol. The van der Waals surface area contributed by atoms with Crippen LogP contribution in [-0.2, 0) is 4.79 Å². The lowest BCUT2D eigenvalue weighted by molar-refractivity contribution is -0.142. The monoisotopic (exact) mass is 222 g/mol. The van der Waals surface area contributed by atoms with Crippen LogP contribution in [0.15, 0.2) is 0 Å². The first-order valence-electron chi connectivity index (χ1n) is 6.76. The Balaban J connectivity index is 1.63. The molecule has 1 saturated heterocycles. The molecule has 3 heteroatoms. The van der Waals surface area contributed by atoms with E-state index >= 15 is 0 Å². The molecule has 3 aliphatic rings. The first kappa shape index (κ1) is 10.6. The number of fused-ring (bicyclic) bond motifs is 2. The van der Waals surface area contributed by atoms with Gasteiger partial charge in [-0.15, -0.1) is 0 Å². The molecule has 2 atom stereocenters. The zero-order valence-corrected chi connectivity index (χ0v) is 9.90. The molecule has 3 fully saturated rings. The number of rotatable bonds is 1. The van der Waals surface area contributed by atoms with Crippen molar-refractivity contribution in [2.75, 3.05) is 13.1 Å². The van der Waals surface area contributed by atoms with Gasteiger partial charge < -0.3 is 10.6 Å². The van der Waals surface area contributed by atoms with E-state index in [1.165, 1.54) is 12.8 Å². The molecule has 0 radical (unpaired) electrons. The summed E-state index contributed by atoms with van der Waals surface area (Å²) in [6.45, 7) is 1.97. The Morgan fingerprint density at radius 2 is 1.69 bits per heavy atom. The molecule has 90 valence electrons. The van der Waals surface area contributed by atoms with Crippen LogP contribution in [0.25, 0.3) is 0 Å². The van der Waals surface area contributed by atoms with E-state index < -0.39 is 0 Å². The first-order valence-corrected chi connectivity index (χ1v) is 6.76. The normalized spacial score (nSPS) is 39.3. The van der Waals surface area contributed by atoms with Crippen LogP contribution >= 0.6 is 0 Å². The summed E-state index contributed by atoms with van der Waals surface area (Å²) < 4.78 is 0. The summed E-state index contributed by atoms with van der Waals surface area (Å²) in [5.41, 5.74) is 6.04. The topological polar surface area (TPSA) is 46.3 Å². The lowest BCUT2D eigenvalue weighted by Gasteiger charge is -2.45. The highest BCUT2D eigenvalue weighted by Crippen LogP contribution is 2.36. The van der Waals surface area contributed by atoms with Crippen LogP contribution in [0.1, 0.15) is 38.5 Å². The Labute approximate surface area is 97.4 Å². The maximum absolute atomic E-state index is 12.2. The molecule has 16 heavy (non-hydrogen) atoms. The molecule has 3 nitrogen and oxygen atoms in total. The van der Waals surface area contributed by atoms with E-state index in [0.717, 1.165) is 38.8 Å². The van der Waals surface area contributed by atoms with E-state index in [0.29, 0.717) is 29.7 Å². The predicted molar refractivity (Wildman–Crippen MR) is 62.7 cm³/mol. The first-order chi connectivity index (χ1) is 7.72. The second kappa shape index (κ2) is 4.02. The fourth-order valence-electron chi connectivity index (χ4n) is 3.71. The molecule has 0 aromatic rings. The fraction of sp³-hybridized carbons (Fsp3) is 0.923. The summed E-state index contributed by atoms with van der Waals surface area (Å²) in [6.07, 6.45) is 7.08. The van der Waals surface area contributed by atoms with Crippen molar-refractivity contribution in [3.8, 4) is 0 Å². The van der Waals surface area contributed by atoms with E-state index in [2.05, 4.69) is 4.90 Å². The third-order valence-electron chi connectivity index (χ3n) is 4.66. The Morgan fingerprint density at radius 3 is 2.19 bits per heavy atom. The van der Waals surface area contributed by atoms with Crippen molar-refractivity contribution in [3.05, 3.63) is 0 Å². The second-order valence-corrected chi connectivity index (χ2v) is 6.07. The number of hydrogen-bond acceptors (Lipinski definition) is 2. The summed E-state index contributed by atoms with van der Waals surface area (Å²) in [6, 6.07) is 0.393. The van der Waals surface area contributed by atoms with Crippen molar-refractivity contribution < 1.29 is 4.79 Å². The Bertz CT molecular complexity index is 270. The lowest BCUT2D eigenvalue weighted by atomic mass is 9.75. The highest BCUT2D eigenvalue weighted by Gasteiger charge is 2.38. The van der Waals surface area contributed by atoms with Crippen molar-refractivity contribution in [1.29, 1.82) is 0 Å². The molecule has 2 bridgehead atoms. The summed E-state index contributed by atoms with van der Waals surface area (Å²) in [4.78, 5) is 14.3. The second-order valence-electron chi connectivity index (χ2n) is 6.07. The molecule has 1 aliphatic heterocycles. The van der Waals surface area contributed by atoms with Crippen molar-refractivity contribution in [2.24, 2.45) is 23.5 Å². The third kappa shape index (κ3) is 1.86. The summed E-state index contributed by atoms with van der Waals surface area (Å²) in [7, 11) is 0. The van der Waals surface area contributed by atoms with E-state index in [-0.39, 0.29) is 0 Å². The molecule has 1 amide bonds. The Morgan fingerprint density at radius 1 is 1.06 bits per heavy atom. The average Bonchev–Trinajstić information content (AvgIpc) is 2.12. The number of likely N-dealkylation sites (tertiary alicyclic amines) is 1. The van der Waals surface area contributed by atoms with Crippen molar-refractivity contribution >= 4 is 5.91 Å². The van der Waals surface area contributed by atoms with Gasteiger partial charge >= 0.3 is 0 Å². The summed E-state index contributed by atoms with van der Waals surface area (Å²) in [5, 5.41) is 0. The smallest absolute Gasteiger partial charge is 0.225 e. The zero-order valence-electron chi connectivity index (χ0n) is 9.90. The van der Waals surface area contributed by atoms with Crippen LogP contribution in [0, 0.1) is 17.8 Å².